The van der Waals surface area contributed by atoms with Crippen LogP contribution < -0.4 is 0 Å². The lowest BCUT2D eigenvalue weighted by Crippen LogP contribution is -2.05. The topological polar surface area (TPSA) is 136 Å². The first-order valence-electron chi connectivity index (χ1n) is 8.33. The van der Waals surface area contributed by atoms with Crippen LogP contribution >= 0.6 is 54.4 Å². The summed E-state index contributed by atoms with van der Waals surface area (Å²) in [6.07, 6.45) is 0.340. The van der Waals surface area contributed by atoms with Gasteiger partial charge in [0, 0.05) is 19.6 Å². The van der Waals surface area contributed by atoms with Crippen LogP contribution in [0.25, 0.3) is 0 Å². The zero-order chi connectivity index (χ0) is 25.6. The zero-order valence-corrected chi connectivity index (χ0v) is 23.3. The van der Waals surface area contributed by atoms with E-state index in [0.29, 0.717) is 16.5 Å². The molecule has 0 amide bonds. The number of esters is 2. The number of rotatable bonds is 6. The maximum absolute atomic E-state index is 11.2. The largest absolute Gasteiger partial charge is 0.749 e. The average molecular weight is 688 g/mol. The van der Waals surface area contributed by atoms with Gasteiger partial charge >= 0.3 is 11.9 Å². The molecular weight excluding hydrogens is 667 g/mol. The quantitative estimate of drug-likeness (QED) is 0.237. The molecule has 0 saturated carbocycles. The lowest BCUT2D eigenvalue weighted by atomic mass is 10.1. The maximum Gasteiger partial charge on any atom is 0.309 e. The van der Waals surface area contributed by atoms with Crippen LogP contribution in [0.2, 0.25) is 0 Å². The number of benzene rings is 2. The van der Waals surface area contributed by atoms with Crippen LogP contribution in [0.1, 0.15) is 18.6 Å². The number of hydrogen-bond donors (Lipinski definition) is 0. The van der Waals surface area contributed by atoms with Crippen molar-refractivity contribution in [3.8, 4) is 0 Å². The summed E-state index contributed by atoms with van der Waals surface area (Å²) in [5.41, 5.74) is 1.49. The molecule has 15 heteroatoms. The van der Waals surface area contributed by atoms with E-state index in [9.17, 15) is 18.0 Å². The van der Waals surface area contributed by atoms with Gasteiger partial charge in [0.25, 0.3) is 9.05 Å². The Morgan fingerprint density at radius 2 is 1.38 bits per heavy atom. The second-order valence-corrected chi connectivity index (χ2v) is 10.8. The normalized spacial score (nSPS) is 10.8. The molecule has 1 unspecified atom stereocenters. The Kier molecular flexibility index (Phi) is 18.8. The summed E-state index contributed by atoms with van der Waals surface area (Å²) in [5.74, 6) is -0.655. The van der Waals surface area contributed by atoms with Crippen LogP contribution in [-0.4, -0.2) is 43.3 Å². The van der Waals surface area contributed by atoms with E-state index in [1.54, 1.807) is 6.07 Å². The van der Waals surface area contributed by atoms with Gasteiger partial charge in [0.05, 0.1) is 43.8 Å². The van der Waals surface area contributed by atoms with E-state index >= 15 is 0 Å². The van der Waals surface area contributed by atoms with Gasteiger partial charge in [-0.2, -0.15) is 3.74 Å². The summed E-state index contributed by atoms with van der Waals surface area (Å²) in [7, 11) is 4.06. The highest BCUT2D eigenvalue weighted by Crippen LogP contribution is 2.26. The molecule has 2 rings (SSSR count). The fraction of sp³-hybridized carbons (Fsp3) is 0.263. The predicted molar refractivity (Wildman–Crippen MR) is 135 cm³/mol. The number of methoxy groups -OCH3 is 2. The van der Waals surface area contributed by atoms with Crippen LogP contribution in [0.4, 0.5) is 0 Å². The highest BCUT2D eigenvalue weighted by Gasteiger charge is 2.16. The molecule has 9 nitrogen and oxygen atoms in total. The van der Waals surface area contributed by atoms with E-state index < -0.39 is 26.4 Å². The van der Waals surface area contributed by atoms with Gasteiger partial charge in [-0.3, -0.25) is 9.59 Å². The molecule has 0 saturated heterocycles. The van der Waals surface area contributed by atoms with Crippen molar-refractivity contribution in [2.24, 2.45) is 0 Å². The van der Waals surface area contributed by atoms with Crippen LogP contribution in [0.15, 0.2) is 56.3 Å². The van der Waals surface area contributed by atoms with Crippen molar-refractivity contribution >= 4 is 86.8 Å². The van der Waals surface area contributed by atoms with E-state index in [0.717, 1.165) is 10.0 Å². The van der Waals surface area contributed by atoms with Gasteiger partial charge < -0.3 is 14.0 Å². The molecule has 2 aromatic rings. The Morgan fingerprint density at radius 1 is 0.971 bits per heavy atom. The van der Waals surface area contributed by atoms with E-state index in [2.05, 4.69) is 56.9 Å². The third-order valence-corrected chi connectivity index (χ3v) is 6.63. The van der Waals surface area contributed by atoms with E-state index in [1.807, 2.05) is 24.3 Å². The molecule has 1 atom stereocenters. The van der Waals surface area contributed by atoms with Gasteiger partial charge in [0.15, 0.2) is 0 Å². The molecule has 0 bridgehead atoms. The van der Waals surface area contributed by atoms with Crippen molar-refractivity contribution in [3.63, 3.8) is 0 Å². The summed E-state index contributed by atoms with van der Waals surface area (Å²) < 4.78 is 53.9. The minimum Gasteiger partial charge on any atom is -0.749 e. The number of hydrogen-bond acceptors (Lipinski definition) is 9. The van der Waals surface area contributed by atoms with Crippen molar-refractivity contribution in [1.82, 2.24) is 0 Å². The molecule has 0 spiro atoms. The molecular formula is C19H21Br2Cl2O9S2-. The van der Waals surface area contributed by atoms with Crippen molar-refractivity contribution in [2.45, 2.75) is 25.2 Å². The first-order chi connectivity index (χ1) is 15.3. The highest BCUT2D eigenvalue weighted by atomic mass is 79.9. The molecule has 34 heavy (non-hydrogen) atoms. The van der Waals surface area contributed by atoms with E-state index in [1.165, 1.54) is 26.4 Å². The van der Waals surface area contributed by atoms with Gasteiger partial charge in [-0.25, -0.2) is 12.6 Å². The molecule has 0 N–H and O–H groups in total. The number of ether oxygens (including phenoxy) is 2. The minimum absolute atomic E-state index is 0. The maximum atomic E-state index is 11.2. The fourth-order valence-electron chi connectivity index (χ4n) is 1.92. The van der Waals surface area contributed by atoms with Gasteiger partial charge in [0.2, 0.25) is 0 Å². The molecule has 192 valence electrons. The third-order valence-electron chi connectivity index (χ3n) is 3.38. The summed E-state index contributed by atoms with van der Waals surface area (Å²) in [5, 5.41) is 0. The predicted octanol–water partition coefficient (Wildman–Crippen LogP) is 4.84. The van der Waals surface area contributed by atoms with Crippen molar-refractivity contribution in [2.75, 3.05) is 14.2 Å². The zero-order valence-electron chi connectivity index (χ0n) is 17.0. The highest BCUT2D eigenvalue weighted by molar-refractivity contribution is 9.10. The number of halogens is 4. The van der Waals surface area contributed by atoms with Crippen LogP contribution in [0.3, 0.4) is 0 Å². The second-order valence-electron chi connectivity index (χ2n) is 5.60. The lowest BCUT2D eigenvalue weighted by molar-refractivity contribution is -0.140. The monoisotopic (exact) mass is 685 g/mol. The van der Waals surface area contributed by atoms with Crippen LogP contribution in [0.5, 0.6) is 0 Å². The third kappa shape index (κ3) is 15.8. The second kappa shape index (κ2) is 18.2. The first-order valence-corrected chi connectivity index (χ1v) is 13.5. The fourth-order valence-corrected chi connectivity index (χ4v) is 4.33. The molecule has 0 fully saturated rings. The summed E-state index contributed by atoms with van der Waals surface area (Å²) >= 11 is 8.05. The van der Waals surface area contributed by atoms with Crippen molar-refractivity contribution in [1.29, 1.82) is 0 Å². The molecule has 0 aliphatic heterocycles. The summed E-state index contributed by atoms with van der Waals surface area (Å²) in [6.45, 7) is 0. The molecule has 0 aliphatic rings. The first kappa shape index (κ1) is 35.1. The minimum atomic E-state index is -3.83. The standard InChI is InChI=1S/C9H8BrClO4S.C9H9BrO2.CH4.ClHO3S/c1-15-9(12)5-6-2-3-7(10)8(4-6)16(11,13)14;1-12-9(11)6-7-2-4-8(10)5-3-7;;1-4-5(2)3/h2-4H,5H2,1H3;2-5H,6H2,1H3;1H4;(H,2,3)/p-1. The van der Waals surface area contributed by atoms with Gasteiger partial charge in [0.1, 0.15) is 11.4 Å². The van der Waals surface area contributed by atoms with Crippen LogP contribution in [-0.2, 0) is 56.1 Å². The van der Waals surface area contributed by atoms with E-state index in [4.69, 9.17) is 19.4 Å². The lowest BCUT2D eigenvalue weighted by Gasteiger charge is -2.04. The van der Waals surface area contributed by atoms with Crippen LogP contribution in [0, 0.1) is 0 Å². The Labute approximate surface area is 227 Å². The Balaban J connectivity index is 0. The molecule has 0 radical (unpaired) electrons. The SMILES string of the molecule is C.COC(=O)Cc1ccc(Br)c(S(=O)(=O)Cl)c1.COC(=O)Cc1ccc(Br)cc1.O=S([O-])OCl. The van der Waals surface area contributed by atoms with E-state index in [-0.39, 0.29) is 24.7 Å². The van der Waals surface area contributed by atoms with Crippen molar-refractivity contribution in [3.05, 3.63) is 62.5 Å². The Morgan fingerprint density at radius 3 is 1.76 bits per heavy atom. The summed E-state index contributed by atoms with van der Waals surface area (Å²) in [4.78, 5) is 21.8. The molecule has 2 aromatic carbocycles. The smallest absolute Gasteiger partial charge is 0.309 e. The molecule has 0 heterocycles. The van der Waals surface area contributed by atoms with Gasteiger partial charge in [-0.05, 0) is 51.3 Å². The Bertz CT molecular complexity index is 1050. The number of carbonyl (C=O) groups excluding carboxylic acids is 2. The van der Waals surface area contributed by atoms with Gasteiger partial charge in [-0.15, -0.1) is 0 Å². The summed E-state index contributed by atoms with van der Waals surface area (Å²) in [6, 6.07) is 12.1. The van der Waals surface area contributed by atoms with Crippen molar-refractivity contribution < 1.29 is 40.0 Å². The average Bonchev–Trinajstić information content (AvgIpc) is 2.76. The Hall–Kier alpha value is -1.06. The molecule has 0 aromatic heterocycles. The van der Waals surface area contributed by atoms with Gasteiger partial charge in [-0.1, -0.05) is 41.6 Å². The molecule has 0 aliphatic carbocycles. The number of carbonyl (C=O) groups is 2.